The second-order valence-corrected chi connectivity index (χ2v) is 7.63. The molecule has 0 aromatic rings. The van der Waals surface area contributed by atoms with Crippen LogP contribution >= 0.6 is 0 Å². The summed E-state index contributed by atoms with van der Waals surface area (Å²) in [5.74, 6) is -0.197. The van der Waals surface area contributed by atoms with Gasteiger partial charge in [-0.3, -0.25) is 19.8 Å². The van der Waals surface area contributed by atoms with Crippen LogP contribution in [0.5, 0.6) is 0 Å². The fourth-order valence-corrected chi connectivity index (χ4v) is 4.36. The van der Waals surface area contributed by atoms with Crippen LogP contribution in [0.15, 0.2) is 0 Å². The topological polar surface area (TPSA) is 52.6 Å². The molecule has 0 saturated carbocycles. The fraction of sp³-hybridized carbons (Fsp3) is 0.882. The Balaban J connectivity index is 1.52. The summed E-state index contributed by atoms with van der Waals surface area (Å²) in [6.45, 7) is 9.02. The molecule has 3 rings (SSSR count). The third-order valence-electron chi connectivity index (χ3n) is 6.10. The number of nitrogens with one attached hydrogen (secondary N) is 1. The van der Waals surface area contributed by atoms with Crippen LogP contribution in [-0.2, 0) is 9.59 Å². The Morgan fingerprint density at radius 1 is 1.05 bits per heavy atom. The predicted molar refractivity (Wildman–Crippen MR) is 85.4 cm³/mol. The van der Waals surface area contributed by atoms with Crippen molar-refractivity contribution in [3.63, 3.8) is 0 Å². The predicted octanol–water partition coefficient (Wildman–Crippen LogP) is 1.38. The van der Waals surface area contributed by atoms with Crippen LogP contribution in [-0.4, -0.2) is 59.9 Å². The minimum Gasteiger partial charge on any atom is -0.301 e. The SMILES string of the molecule is CC(C)N1CCC2(CC1)CCN(C1CCC(=O)NC1=O)CC2. The van der Waals surface area contributed by atoms with E-state index in [1.165, 1.54) is 38.8 Å². The molecule has 1 N–H and O–H groups in total. The van der Waals surface area contributed by atoms with Gasteiger partial charge in [-0.2, -0.15) is 0 Å². The lowest BCUT2D eigenvalue weighted by Gasteiger charge is -2.49. The van der Waals surface area contributed by atoms with Gasteiger partial charge in [-0.25, -0.2) is 0 Å². The van der Waals surface area contributed by atoms with Crippen LogP contribution in [0.1, 0.15) is 52.4 Å². The van der Waals surface area contributed by atoms with Gasteiger partial charge in [0.15, 0.2) is 0 Å². The molecule has 5 heteroatoms. The molecule has 1 spiro atoms. The molecule has 3 heterocycles. The molecule has 2 amide bonds. The van der Waals surface area contributed by atoms with Gasteiger partial charge in [0, 0.05) is 12.5 Å². The van der Waals surface area contributed by atoms with Gasteiger partial charge in [-0.05, 0) is 77.5 Å². The number of hydrogen-bond acceptors (Lipinski definition) is 4. The molecule has 0 aromatic heterocycles. The number of nitrogens with zero attached hydrogens (tertiary/aromatic N) is 2. The van der Waals surface area contributed by atoms with Crippen LogP contribution < -0.4 is 5.32 Å². The van der Waals surface area contributed by atoms with Crippen LogP contribution in [0.25, 0.3) is 0 Å². The number of carbonyl (C=O) groups excluding carboxylic acids is 2. The first-order chi connectivity index (χ1) is 10.5. The number of piperidine rings is 3. The van der Waals surface area contributed by atoms with E-state index in [1.807, 2.05) is 0 Å². The molecule has 124 valence electrons. The highest BCUT2D eigenvalue weighted by Gasteiger charge is 2.41. The summed E-state index contributed by atoms with van der Waals surface area (Å²) in [6, 6.07) is 0.576. The van der Waals surface area contributed by atoms with E-state index in [0.29, 0.717) is 24.3 Å². The summed E-state index contributed by atoms with van der Waals surface area (Å²) < 4.78 is 0. The summed E-state index contributed by atoms with van der Waals surface area (Å²) >= 11 is 0. The number of likely N-dealkylation sites (tertiary alicyclic amines) is 2. The normalized spacial score (nSPS) is 30.8. The number of carbonyl (C=O) groups is 2. The van der Waals surface area contributed by atoms with E-state index >= 15 is 0 Å². The molecule has 3 saturated heterocycles. The first-order valence-electron chi connectivity index (χ1n) is 8.81. The largest absolute Gasteiger partial charge is 0.301 e. The molecular formula is C17H29N3O2. The Labute approximate surface area is 133 Å². The zero-order valence-electron chi connectivity index (χ0n) is 13.9. The Morgan fingerprint density at radius 3 is 2.18 bits per heavy atom. The van der Waals surface area contributed by atoms with Gasteiger partial charge >= 0.3 is 0 Å². The highest BCUT2D eigenvalue weighted by atomic mass is 16.2. The molecule has 3 fully saturated rings. The third-order valence-corrected chi connectivity index (χ3v) is 6.10. The zero-order valence-corrected chi connectivity index (χ0v) is 13.9. The van der Waals surface area contributed by atoms with Gasteiger partial charge in [0.05, 0.1) is 6.04 Å². The van der Waals surface area contributed by atoms with Crippen molar-refractivity contribution >= 4 is 11.8 Å². The van der Waals surface area contributed by atoms with Crippen molar-refractivity contribution in [3.8, 4) is 0 Å². The van der Waals surface area contributed by atoms with Crippen molar-refractivity contribution in [2.75, 3.05) is 26.2 Å². The van der Waals surface area contributed by atoms with E-state index in [1.54, 1.807) is 0 Å². The summed E-state index contributed by atoms with van der Waals surface area (Å²) in [5.41, 5.74) is 0.503. The van der Waals surface area contributed by atoms with E-state index in [4.69, 9.17) is 0 Å². The molecule has 3 aliphatic rings. The minimum absolute atomic E-state index is 0.0780. The van der Waals surface area contributed by atoms with Crippen molar-refractivity contribution in [1.82, 2.24) is 15.1 Å². The van der Waals surface area contributed by atoms with E-state index in [-0.39, 0.29) is 17.9 Å². The number of amides is 2. The zero-order chi connectivity index (χ0) is 15.7. The average molecular weight is 307 g/mol. The van der Waals surface area contributed by atoms with Crippen molar-refractivity contribution in [2.24, 2.45) is 5.41 Å². The number of rotatable bonds is 2. The van der Waals surface area contributed by atoms with E-state index < -0.39 is 0 Å². The maximum atomic E-state index is 12.0. The molecule has 1 unspecified atom stereocenters. The lowest BCUT2D eigenvalue weighted by Crippen LogP contribution is -2.56. The maximum absolute atomic E-state index is 12.0. The van der Waals surface area contributed by atoms with Crippen molar-refractivity contribution in [2.45, 2.75) is 64.5 Å². The first kappa shape index (κ1) is 15.9. The van der Waals surface area contributed by atoms with Gasteiger partial charge in [-0.1, -0.05) is 0 Å². The van der Waals surface area contributed by atoms with Gasteiger partial charge in [0.1, 0.15) is 0 Å². The third kappa shape index (κ3) is 3.20. The molecule has 0 radical (unpaired) electrons. The Morgan fingerprint density at radius 2 is 1.64 bits per heavy atom. The van der Waals surface area contributed by atoms with E-state index in [2.05, 4.69) is 29.0 Å². The van der Waals surface area contributed by atoms with Crippen LogP contribution in [0.4, 0.5) is 0 Å². The molecule has 0 aliphatic carbocycles. The van der Waals surface area contributed by atoms with Gasteiger partial charge in [0.2, 0.25) is 11.8 Å². The lowest BCUT2D eigenvalue weighted by molar-refractivity contribution is -0.138. The van der Waals surface area contributed by atoms with Crippen molar-refractivity contribution < 1.29 is 9.59 Å². The van der Waals surface area contributed by atoms with Crippen molar-refractivity contribution in [3.05, 3.63) is 0 Å². The minimum atomic E-state index is -0.115. The molecule has 3 aliphatic heterocycles. The molecule has 5 nitrogen and oxygen atoms in total. The van der Waals surface area contributed by atoms with Gasteiger partial charge in [-0.15, -0.1) is 0 Å². The lowest BCUT2D eigenvalue weighted by atomic mass is 9.70. The van der Waals surface area contributed by atoms with E-state index in [0.717, 1.165) is 13.1 Å². The fourth-order valence-electron chi connectivity index (χ4n) is 4.36. The van der Waals surface area contributed by atoms with E-state index in [9.17, 15) is 9.59 Å². The summed E-state index contributed by atoms with van der Waals surface area (Å²) in [5, 5.41) is 2.49. The number of hydrogen-bond donors (Lipinski definition) is 1. The standard InChI is InChI=1S/C17H29N3O2/c1-13(2)19-9-5-17(6-10-19)7-11-20(12-8-17)14-3-4-15(21)18-16(14)22/h13-14H,3-12H2,1-2H3,(H,18,21,22). The summed E-state index contributed by atoms with van der Waals surface area (Å²) in [4.78, 5) is 28.2. The second kappa shape index (κ2) is 6.28. The molecule has 22 heavy (non-hydrogen) atoms. The Hall–Kier alpha value is -0.940. The highest BCUT2D eigenvalue weighted by Crippen LogP contribution is 2.42. The quantitative estimate of drug-likeness (QED) is 0.783. The second-order valence-electron chi connectivity index (χ2n) is 7.63. The summed E-state index contributed by atoms with van der Waals surface area (Å²) in [6.07, 6.45) is 6.19. The first-order valence-corrected chi connectivity index (χ1v) is 8.81. The molecular weight excluding hydrogens is 278 g/mol. The molecule has 0 bridgehead atoms. The Kier molecular flexibility index (Phi) is 4.55. The van der Waals surface area contributed by atoms with Crippen LogP contribution in [0, 0.1) is 5.41 Å². The highest BCUT2D eigenvalue weighted by molar-refractivity contribution is 6.00. The smallest absolute Gasteiger partial charge is 0.243 e. The number of imide groups is 1. The molecule has 0 aromatic carbocycles. The Bertz CT molecular complexity index is 431. The maximum Gasteiger partial charge on any atom is 0.243 e. The van der Waals surface area contributed by atoms with Crippen LogP contribution in [0.3, 0.4) is 0 Å². The average Bonchev–Trinajstić information content (AvgIpc) is 2.49. The summed E-state index contributed by atoms with van der Waals surface area (Å²) in [7, 11) is 0. The molecule has 1 atom stereocenters. The monoisotopic (exact) mass is 307 g/mol. The van der Waals surface area contributed by atoms with Gasteiger partial charge < -0.3 is 4.90 Å². The van der Waals surface area contributed by atoms with Crippen molar-refractivity contribution in [1.29, 1.82) is 0 Å². The van der Waals surface area contributed by atoms with Crippen LogP contribution in [0.2, 0.25) is 0 Å². The van der Waals surface area contributed by atoms with Gasteiger partial charge in [0.25, 0.3) is 0 Å².